The summed E-state index contributed by atoms with van der Waals surface area (Å²) in [4.78, 5) is 4.71. The number of nitrogens with zero attached hydrogens (tertiary/aromatic N) is 3. The van der Waals surface area contributed by atoms with Gasteiger partial charge in [0.15, 0.2) is 23.0 Å². The van der Waals surface area contributed by atoms with E-state index in [-0.39, 0.29) is 6.04 Å². The molecule has 0 saturated heterocycles. The molecular formula is C24H24N4O3. The lowest BCUT2D eigenvalue weighted by Crippen LogP contribution is -2.23. The fourth-order valence-electron chi connectivity index (χ4n) is 3.56. The second-order valence-corrected chi connectivity index (χ2v) is 7.68. The summed E-state index contributed by atoms with van der Waals surface area (Å²) in [6.45, 7) is 3.55. The fraction of sp³-hybridized carbons (Fsp3) is 0.250. The number of rotatable bonds is 6. The third-order valence-corrected chi connectivity index (χ3v) is 5.04. The Labute approximate surface area is 180 Å². The van der Waals surface area contributed by atoms with Crippen molar-refractivity contribution in [2.24, 2.45) is 5.73 Å². The number of benzene rings is 2. The zero-order chi connectivity index (χ0) is 21.2. The van der Waals surface area contributed by atoms with Crippen LogP contribution in [0, 0.1) is 0 Å². The van der Waals surface area contributed by atoms with E-state index in [1.165, 1.54) is 0 Å². The van der Waals surface area contributed by atoms with Crippen LogP contribution in [0.3, 0.4) is 0 Å². The lowest BCUT2D eigenvalue weighted by Gasteiger charge is -2.19. The molecule has 1 atom stereocenters. The third kappa shape index (κ3) is 4.18. The minimum absolute atomic E-state index is 0.00486. The molecule has 31 heavy (non-hydrogen) atoms. The lowest BCUT2D eigenvalue weighted by molar-refractivity contribution is 0.171. The Morgan fingerprint density at radius 1 is 1.03 bits per heavy atom. The molecule has 0 fully saturated rings. The minimum atomic E-state index is 0.00486. The quantitative estimate of drug-likeness (QED) is 0.518. The van der Waals surface area contributed by atoms with E-state index in [9.17, 15) is 0 Å². The molecule has 7 nitrogen and oxygen atoms in total. The summed E-state index contributed by atoms with van der Waals surface area (Å²) in [6, 6.07) is 19.9. The van der Waals surface area contributed by atoms with Gasteiger partial charge >= 0.3 is 0 Å². The first kappa shape index (κ1) is 19.4. The lowest BCUT2D eigenvalue weighted by atomic mass is 10.1. The van der Waals surface area contributed by atoms with Crippen LogP contribution in [-0.4, -0.2) is 40.5 Å². The topological polar surface area (TPSA) is 83.9 Å². The number of aromatic nitrogens is 3. The van der Waals surface area contributed by atoms with Crippen LogP contribution >= 0.6 is 0 Å². The Bertz CT molecular complexity index is 1200. The number of pyridine rings is 1. The van der Waals surface area contributed by atoms with Crippen molar-refractivity contribution in [3.05, 3.63) is 72.1 Å². The van der Waals surface area contributed by atoms with E-state index < -0.39 is 0 Å². The molecule has 7 heteroatoms. The van der Waals surface area contributed by atoms with Gasteiger partial charge in [0.1, 0.15) is 25.6 Å². The Morgan fingerprint density at radius 2 is 1.84 bits per heavy atom. The van der Waals surface area contributed by atoms with Crippen LogP contribution in [0.5, 0.6) is 17.2 Å². The smallest absolute Gasteiger partial charge is 0.162 e. The van der Waals surface area contributed by atoms with E-state index >= 15 is 0 Å². The summed E-state index contributed by atoms with van der Waals surface area (Å²) in [7, 11) is 0. The molecule has 1 aliphatic rings. The van der Waals surface area contributed by atoms with Crippen LogP contribution in [0.1, 0.15) is 18.3 Å². The van der Waals surface area contributed by atoms with E-state index in [0.717, 1.165) is 45.5 Å². The molecule has 2 N–H and O–H groups in total. The maximum atomic E-state index is 5.74. The van der Waals surface area contributed by atoms with Gasteiger partial charge in [0.2, 0.25) is 0 Å². The summed E-state index contributed by atoms with van der Waals surface area (Å²) in [6.07, 6.45) is 0.635. The summed E-state index contributed by atoms with van der Waals surface area (Å²) in [5.74, 6) is 3.10. The second-order valence-electron chi connectivity index (χ2n) is 7.68. The van der Waals surface area contributed by atoms with Crippen molar-refractivity contribution in [2.45, 2.75) is 19.4 Å². The first-order valence-corrected chi connectivity index (χ1v) is 10.4. The first-order valence-electron chi connectivity index (χ1n) is 10.4. The SMILES string of the molecule is C[C@@H](N)COc1ccc(Cc2nc3cccc(-c4ccc5c(c4)OCCO5)n3n2)cc1. The molecule has 3 heterocycles. The second kappa shape index (κ2) is 8.28. The molecule has 0 amide bonds. The van der Waals surface area contributed by atoms with Gasteiger partial charge < -0.3 is 19.9 Å². The predicted octanol–water partition coefficient (Wildman–Crippen LogP) is 3.48. The van der Waals surface area contributed by atoms with Gasteiger partial charge in [-0.05, 0) is 55.0 Å². The normalized spacial score (nSPS) is 13.9. The highest BCUT2D eigenvalue weighted by Crippen LogP contribution is 2.34. The largest absolute Gasteiger partial charge is 0.492 e. The van der Waals surface area contributed by atoms with E-state index in [0.29, 0.717) is 26.2 Å². The number of hydrogen-bond acceptors (Lipinski definition) is 6. The van der Waals surface area contributed by atoms with Crippen molar-refractivity contribution in [1.29, 1.82) is 0 Å². The van der Waals surface area contributed by atoms with Gasteiger partial charge in [-0.25, -0.2) is 9.50 Å². The van der Waals surface area contributed by atoms with Gasteiger partial charge in [-0.2, -0.15) is 5.10 Å². The van der Waals surface area contributed by atoms with Gasteiger partial charge in [-0.15, -0.1) is 0 Å². The van der Waals surface area contributed by atoms with Gasteiger partial charge in [0, 0.05) is 18.0 Å². The molecule has 0 unspecified atom stereocenters. The monoisotopic (exact) mass is 416 g/mol. The highest BCUT2D eigenvalue weighted by Gasteiger charge is 2.15. The minimum Gasteiger partial charge on any atom is -0.492 e. The Balaban J connectivity index is 1.40. The standard InChI is InChI=1S/C24H24N4O3/c1-16(25)15-31-19-8-5-17(6-9-19)13-23-26-24-4-2-3-20(28(24)27-23)18-7-10-21-22(14-18)30-12-11-29-21/h2-10,14,16H,11-13,15,25H2,1H3/t16-/m1/s1. The molecule has 4 aromatic rings. The van der Waals surface area contributed by atoms with Crippen molar-refractivity contribution in [1.82, 2.24) is 14.6 Å². The molecular weight excluding hydrogens is 392 g/mol. The number of ether oxygens (including phenoxy) is 3. The van der Waals surface area contributed by atoms with Gasteiger partial charge in [-0.1, -0.05) is 18.2 Å². The average Bonchev–Trinajstić information content (AvgIpc) is 3.20. The molecule has 0 bridgehead atoms. The Hall–Kier alpha value is -3.58. The molecule has 0 radical (unpaired) electrons. The predicted molar refractivity (Wildman–Crippen MR) is 118 cm³/mol. The van der Waals surface area contributed by atoms with E-state index in [2.05, 4.69) is 0 Å². The first-order chi connectivity index (χ1) is 15.2. The van der Waals surface area contributed by atoms with Crippen molar-refractivity contribution in [3.63, 3.8) is 0 Å². The highest BCUT2D eigenvalue weighted by molar-refractivity contribution is 5.66. The molecule has 0 aliphatic carbocycles. The van der Waals surface area contributed by atoms with Crippen molar-refractivity contribution < 1.29 is 14.2 Å². The molecule has 1 aliphatic heterocycles. The van der Waals surface area contributed by atoms with Gasteiger partial charge in [0.25, 0.3) is 0 Å². The van der Waals surface area contributed by atoms with Crippen LogP contribution in [0.2, 0.25) is 0 Å². The zero-order valence-electron chi connectivity index (χ0n) is 17.3. The molecule has 0 spiro atoms. The maximum absolute atomic E-state index is 5.74. The summed E-state index contributed by atoms with van der Waals surface area (Å²) >= 11 is 0. The average molecular weight is 416 g/mol. The Kier molecular flexibility index (Phi) is 5.18. The summed E-state index contributed by atoms with van der Waals surface area (Å²) in [5.41, 5.74) is 9.61. The van der Waals surface area contributed by atoms with Gasteiger partial charge in [-0.3, -0.25) is 0 Å². The number of fused-ring (bicyclic) bond motifs is 2. The fourth-order valence-corrected chi connectivity index (χ4v) is 3.56. The highest BCUT2D eigenvalue weighted by atomic mass is 16.6. The maximum Gasteiger partial charge on any atom is 0.162 e. The van der Waals surface area contributed by atoms with Crippen LogP contribution < -0.4 is 19.9 Å². The van der Waals surface area contributed by atoms with Crippen LogP contribution in [0.15, 0.2) is 60.7 Å². The van der Waals surface area contributed by atoms with Crippen LogP contribution in [0.4, 0.5) is 0 Å². The zero-order valence-corrected chi connectivity index (χ0v) is 17.3. The van der Waals surface area contributed by atoms with E-state index in [1.807, 2.05) is 72.1 Å². The van der Waals surface area contributed by atoms with Crippen molar-refractivity contribution >= 4 is 5.65 Å². The molecule has 2 aromatic carbocycles. The van der Waals surface area contributed by atoms with Crippen LogP contribution in [-0.2, 0) is 6.42 Å². The van der Waals surface area contributed by atoms with Crippen molar-refractivity contribution in [2.75, 3.05) is 19.8 Å². The Morgan fingerprint density at radius 3 is 2.65 bits per heavy atom. The summed E-state index contributed by atoms with van der Waals surface area (Å²) in [5, 5.41) is 4.76. The summed E-state index contributed by atoms with van der Waals surface area (Å²) < 4.78 is 18.9. The molecule has 0 saturated carbocycles. The number of nitrogens with two attached hydrogens (primary N) is 1. The van der Waals surface area contributed by atoms with Gasteiger partial charge in [0.05, 0.1) is 5.69 Å². The molecule has 158 valence electrons. The van der Waals surface area contributed by atoms with Crippen molar-refractivity contribution in [3.8, 4) is 28.5 Å². The molecule has 2 aromatic heterocycles. The third-order valence-electron chi connectivity index (χ3n) is 5.04. The van der Waals surface area contributed by atoms with E-state index in [4.69, 9.17) is 30.0 Å². The number of hydrogen-bond donors (Lipinski definition) is 1. The van der Waals surface area contributed by atoms with E-state index in [1.54, 1.807) is 0 Å². The molecule has 5 rings (SSSR count). The van der Waals surface area contributed by atoms with Crippen LogP contribution in [0.25, 0.3) is 16.9 Å².